The van der Waals surface area contributed by atoms with Crippen molar-refractivity contribution in [3.8, 4) is 0 Å². The summed E-state index contributed by atoms with van der Waals surface area (Å²) in [7, 11) is 1.56. The van der Waals surface area contributed by atoms with Crippen molar-refractivity contribution >= 4 is 5.97 Å². The fourth-order valence-electron chi connectivity index (χ4n) is 1.47. The fourth-order valence-corrected chi connectivity index (χ4v) is 1.47. The average Bonchev–Trinajstić information content (AvgIpc) is 2.17. The summed E-state index contributed by atoms with van der Waals surface area (Å²) in [5, 5.41) is 8.84. The quantitative estimate of drug-likeness (QED) is 0.849. The molecule has 16 heavy (non-hydrogen) atoms. The predicted molar refractivity (Wildman–Crippen MR) is 58.2 cm³/mol. The summed E-state index contributed by atoms with van der Waals surface area (Å²) in [5.74, 6) is -0.665. The van der Waals surface area contributed by atoms with Crippen LogP contribution in [0.25, 0.3) is 0 Å². The van der Waals surface area contributed by atoms with Gasteiger partial charge in [0.25, 0.3) is 0 Å². The van der Waals surface area contributed by atoms with Gasteiger partial charge < -0.3 is 9.84 Å². The third kappa shape index (κ3) is 2.76. The number of nitrogens with zero attached hydrogens (tertiary/aromatic N) is 2. The fraction of sp³-hybridized carbons (Fsp3) is 0.545. The lowest BCUT2D eigenvalue weighted by molar-refractivity contribution is 0.00838. The molecule has 1 atom stereocenters. The van der Waals surface area contributed by atoms with Gasteiger partial charge in [-0.25, -0.2) is 14.8 Å². The minimum Gasteiger partial charge on any atom is -0.477 e. The van der Waals surface area contributed by atoms with Crippen molar-refractivity contribution in [1.29, 1.82) is 0 Å². The maximum Gasteiger partial charge on any atom is 0.354 e. The van der Waals surface area contributed by atoms with Gasteiger partial charge in [-0.1, -0.05) is 20.8 Å². The van der Waals surface area contributed by atoms with Gasteiger partial charge in [0, 0.05) is 13.3 Å². The van der Waals surface area contributed by atoms with E-state index in [-0.39, 0.29) is 17.2 Å². The van der Waals surface area contributed by atoms with Crippen LogP contribution >= 0.6 is 0 Å². The van der Waals surface area contributed by atoms with Crippen molar-refractivity contribution in [3.63, 3.8) is 0 Å². The molecule has 1 unspecified atom stereocenters. The zero-order chi connectivity index (χ0) is 12.3. The zero-order valence-electron chi connectivity index (χ0n) is 9.89. The molecule has 0 aliphatic rings. The van der Waals surface area contributed by atoms with Crippen molar-refractivity contribution < 1.29 is 14.6 Å². The third-order valence-corrected chi connectivity index (χ3v) is 2.15. The number of rotatable bonds is 3. The summed E-state index contributed by atoms with van der Waals surface area (Å²) < 4.78 is 5.32. The van der Waals surface area contributed by atoms with E-state index in [1.807, 2.05) is 20.8 Å². The Balaban J connectivity index is 3.11. The number of methoxy groups -OCH3 is 1. The van der Waals surface area contributed by atoms with Crippen molar-refractivity contribution in [2.75, 3.05) is 7.11 Å². The number of carboxylic acid groups (broad SMARTS) is 1. The summed E-state index contributed by atoms with van der Waals surface area (Å²) >= 11 is 0. The molecule has 0 aliphatic heterocycles. The number of hydrogen-bond donors (Lipinski definition) is 1. The molecule has 0 spiro atoms. The number of aromatic nitrogens is 2. The van der Waals surface area contributed by atoms with E-state index in [4.69, 9.17) is 9.84 Å². The number of hydrogen-bond acceptors (Lipinski definition) is 4. The van der Waals surface area contributed by atoms with Crippen LogP contribution in [0.5, 0.6) is 0 Å². The Morgan fingerprint density at radius 3 is 2.56 bits per heavy atom. The smallest absolute Gasteiger partial charge is 0.354 e. The second-order valence-electron chi connectivity index (χ2n) is 4.59. The second kappa shape index (κ2) is 4.57. The van der Waals surface area contributed by atoms with E-state index in [1.54, 1.807) is 7.11 Å². The summed E-state index contributed by atoms with van der Waals surface area (Å²) in [6.07, 6.45) is 1.11. The SMILES string of the molecule is COC(c1nccc(C(=O)O)n1)C(C)(C)C. The molecule has 1 heterocycles. The summed E-state index contributed by atoms with van der Waals surface area (Å²) in [6, 6.07) is 1.36. The molecule has 0 aliphatic carbocycles. The van der Waals surface area contributed by atoms with E-state index >= 15 is 0 Å². The number of carboxylic acids is 1. The van der Waals surface area contributed by atoms with Crippen molar-refractivity contribution in [3.05, 3.63) is 23.8 Å². The molecule has 0 radical (unpaired) electrons. The molecule has 1 aromatic rings. The highest BCUT2D eigenvalue weighted by Crippen LogP contribution is 2.33. The molecule has 0 fully saturated rings. The molecule has 0 amide bonds. The van der Waals surface area contributed by atoms with Gasteiger partial charge in [-0.05, 0) is 11.5 Å². The first kappa shape index (κ1) is 12.6. The van der Waals surface area contributed by atoms with Crippen molar-refractivity contribution in [1.82, 2.24) is 9.97 Å². The molecule has 88 valence electrons. The van der Waals surface area contributed by atoms with Crippen molar-refractivity contribution in [2.45, 2.75) is 26.9 Å². The highest BCUT2D eigenvalue weighted by atomic mass is 16.5. The van der Waals surface area contributed by atoms with E-state index in [9.17, 15) is 4.79 Å². The third-order valence-electron chi connectivity index (χ3n) is 2.15. The Bertz CT molecular complexity index is 385. The Labute approximate surface area is 94.5 Å². The van der Waals surface area contributed by atoms with Gasteiger partial charge in [0.05, 0.1) is 0 Å². The Morgan fingerprint density at radius 2 is 2.12 bits per heavy atom. The lowest BCUT2D eigenvalue weighted by Gasteiger charge is -2.27. The van der Waals surface area contributed by atoms with E-state index in [0.717, 1.165) is 0 Å². The molecule has 0 aromatic carbocycles. The molecular formula is C11H16N2O3. The van der Waals surface area contributed by atoms with Crippen LogP contribution in [0.3, 0.4) is 0 Å². The first-order chi connectivity index (χ1) is 7.36. The lowest BCUT2D eigenvalue weighted by atomic mass is 9.88. The highest BCUT2D eigenvalue weighted by Gasteiger charge is 2.29. The van der Waals surface area contributed by atoms with Crippen LogP contribution in [-0.2, 0) is 4.74 Å². The summed E-state index contributed by atoms with van der Waals surface area (Å²) in [4.78, 5) is 18.8. The van der Waals surface area contributed by atoms with Crippen LogP contribution in [0, 0.1) is 5.41 Å². The van der Waals surface area contributed by atoms with Crippen LogP contribution in [0.1, 0.15) is 43.2 Å². The summed E-state index contributed by atoms with van der Waals surface area (Å²) in [6.45, 7) is 5.95. The first-order valence-electron chi connectivity index (χ1n) is 4.95. The Kier molecular flexibility index (Phi) is 3.59. The van der Waals surface area contributed by atoms with E-state index in [2.05, 4.69) is 9.97 Å². The minimum absolute atomic E-state index is 0.0173. The molecule has 5 heteroatoms. The maximum atomic E-state index is 10.8. The normalized spacial score (nSPS) is 13.5. The van der Waals surface area contributed by atoms with Crippen LogP contribution in [0.2, 0.25) is 0 Å². The molecule has 5 nitrogen and oxygen atoms in total. The first-order valence-corrected chi connectivity index (χ1v) is 4.95. The van der Waals surface area contributed by atoms with Gasteiger partial charge in [-0.3, -0.25) is 0 Å². The minimum atomic E-state index is -1.06. The summed E-state index contributed by atoms with van der Waals surface area (Å²) in [5.41, 5.74) is -0.206. The molecule has 1 rings (SSSR count). The van der Waals surface area contributed by atoms with Gasteiger partial charge >= 0.3 is 5.97 Å². The number of ether oxygens (including phenoxy) is 1. The zero-order valence-corrected chi connectivity index (χ0v) is 9.89. The number of carbonyl (C=O) groups is 1. The monoisotopic (exact) mass is 224 g/mol. The van der Waals surface area contributed by atoms with E-state index in [1.165, 1.54) is 12.3 Å². The van der Waals surface area contributed by atoms with Crippen LogP contribution < -0.4 is 0 Å². The molecule has 0 bridgehead atoms. The molecule has 1 N–H and O–H groups in total. The van der Waals surface area contributed by atoms with Crippen LogP contribution in [0.4, 0.5) is 0 Å². The van der Waals surface area contributed by atoms with Gasteiger partial charge in [0.15, 0.2) is 11.5 Å². The lowest BCUT2D eigenvalue weighted by Crippen LogP contribution is -2.23. The molecule has 1 aromatic heterocycles. The van der Waals surface area contributed by atoms with Gasteiger partial charge in [-0.15, -0.1) is 0 Å². The highest BCUT2D eigenvalue weighted by molar-refractivity contribution is 5.85. The Hall–Kier alpha value is -1.49. The topological polar surface area (TPSA) is 72.3 Å². The maximum absolute atomic E-state index is 10.8. The standard InChI is InChI=1S/C11H16N2O3/c1-11(2,3)8(16-4)9-12-6-5-7(13-9)10(14)15/h5-6,8H,1-4H3,(H,14,15). The molecule has 0 saturated carbocycles. The largest absolute Gasteiger partial charge is 0.477 e. The van der Waals surface area contributed by atoms with E-state index in [0.29, 0.717) is 5.82 Å². The second-order valence-corrected chi connectivity index (χ2v) is 4.59. The van der Waals surface area contributed by atoms with E-state index < -0.39 is 5.97 Å². The predicted octanol–water partition coefficient (Wildman–Crippen LogP) is 1.91. The molecule has 0 saturated heterocycles. The van der Waals surface area contributed by atoms with Gasteiger partial charge in [0.2, 0.25) is 0 Å². The average molecular weight is 224 g/mol. The van der Waals surface area contributed by atoms with Crippen LogP contribution in [0.15, 0.2) is 12.3 Å². The number of aromatic carboxylic acids is 1. The Morgan fingerprint density at radius 1 is 1.50 bits per heavy atom. The van der Waals surface area contributed by atoms with Gasteiger partial charge in [0.1, 0.15) is 6.10 Å². The van der Waals surface area contributed by atoms with Crippen LogP contribution in [-0.4, -0.2) is 28.2 Å². The van der Waals surface area contributed by atoms with Crippen molar-refractivity contribution in [2.24, 2.45) is 5.41 Å². The molecular weight excluding hydrogens is 208 g/mol. The van der Waals surface area contributed by atoms with Gasteiger partial charge in [-0.2, -0.15) is 0 Å².